The summed E-state index contributed by atoms with van der Waals surface area (Å²) >= 11 is 0. The monoisotopic (exact) mass is 584 g/mol. The lowest BCUT2D eigenvalue weighted by Crippen LogP contribution is -2.33. The van der Waals surface area contributed by atoms with Gasteiger partial charge in [-0.25, -0.2) is 0 Å². The second-order valence-corrected chi connectivity index (χ2v) is 12.9. The molecule has 0 radical (unpaired) electrons. The third kappa shape index (κ3) is 29.4. The van der Waals surface area contributed by atoms with Crippen molar-refractivity contribution in [3.8, 4) is 0 Å². The summed E-state index contributed by atoms with van der Waals surface area (Å²) in [5.74, 6) is -0.193. The van der Waals surface area contributed by atoms with E-state index >= 15 is 0 Å². The van der Waals surface area contributed by atoms with Gasteiger partial charge in [-0.1, -0.05) is 167 Å². The summed E-state index contributed by atoms with van der Waals surface area (Å²) in [6.45, 7) is 3.08. The molecule has 0 rings (SSSR count). The quantitative estimate of drug-likeness (QED) is 0.0565. The normalized spacial score (nSPS) is 13.9. The average molecular weight is 584 g/mol. The van der Waals surface area contributed by atoms with Crippen LogP contribution >= 0.6 is 0 Å². The lowest BCUT2D eigenvalue weighted by atomic mass is 9.97. The highest BCUT2D eigenvalue weighted by Gasteiger charge is 2.23. The van der Waals surface area contributed by atoms with Gasteiger partial charge in [0.15, 0.2) is 5.78 Å². The highest BCUT2D eigenvalue weighted by molar-refractivity contribution is 5.82. The molecule has 3 unspecified atom stereocenters. The molecule has 0 saturated heterocycles. The van der Waals surface area contributed by atoms with E-state index in [1.165, 1.54) is 135 Å². The van der Waals surface area contributed by atoms with Gasteiger partial charge in [-0.15, -0.1) is 0 Å². The average Bonchev–Trinajstić information content (AvgIpc) is 2.97. The van der Waals surface area contributed by atoms with Crippen LogP contribution in [0.1, 0.15) is 200 Å². The van der Waals surface area contributed by atoms with Crippen LogP contribution in [0.15, 0.2) is 0 Å². The van der Waals surface area contributed by atoms with Gasteiger partial charge in [-0.3, -0.25) is 4.79 Å². The molecule has 0 aliphatic heterocycles. The van der Waals surface area contributed by atoms with Gasteiger partial charge in [0.1, 0.15) is 6.10 Å². The van der Waals surface area contributed by atoms with Crippen LogP contribution in [0.5, 0.6) is 0 Å². The summed E-state index contributed by atoms with van der Waals surface area (Å²) in [7, 11) is 0. The number of carbonyl (C=O) groups excluding carboxylic acids is 1. The van der Waals surface area contributed by atoms with Gasteiger partial charge in [0.2, 0.25) is 0 Å². The number of hydrogen-bond donors (Lipinski definition) is 4. The summed E-state index contributed by atoms with van der Waals surface area (Å²) in [6, 6.07) is 0. The number of aliphatic hydroxyl groups excluding tert-OH is 3. The molecule has 0 aromatic carbocycles. The van der Waals surface area contributed by atoms with Crippen molar-refractivity contribution in [2.45, 2.75) is 218 Å². The molecule has 0 aromatic rings. The van der Waals surface area contributed by atoms with E-state index in [1.807, 2.05) is 0 Å². The minimum absolute atomic E-state index is 0.0506. The summed E-state index contributed by atoms with van der Waals surface area (Å²) in [4.78, 5) is 12.3. The maximum Gasteiger partial charge on any atom is 0.161 e. The fraction of sp³-hybridized carbons (Fsp3) is 0.972. The molecule has 3 atom stereocenters. The predicted octanol–water partition coefficient (Wildman–Crippen LogP) is 9.32. The lowest BCUT2D eigenvalue weighted by molar-refractivity contribution is -0.129. The summed E-state index contributed by atoms with van der Waals surface area (Å²) < 4.78 is 0. The van der Waals surface area contributed by atoms with Gasteiger partial charge >= 0.3 is 0 Å². The number of carbonyl (C=O) groups is 1. The zero-order valence-electron chi connectivity index (χ0n) is 27.5. The zero-order chi connectivity index (χ0) is 30.2. The number of rotatable bonds is 34. The van der Waals surface area contributed by atoms with Crippen molar-refractivity contribution in [1.82, 2.24) is 0 Å². The topological polar surface area (TPSA) is 104 Å². The van der Waals surface area contributed by atoms with E-state index < -0.39 is 18.3 Å². The van der Waals surface area contributed by atoms with E-state index in [4.69, 9.17) is 5.73 Å². The van der Waals surface area contributed by atoms with E-state index in [0.717, 1.165) is 45.1 Å². The molecule has 5 heteroatoms. The van der Waals surface area contributed by atoms with Crippen LogP contribution in [0.4, 0.5) is 0 Å². The first-order valence-electron chi connectivity index (χ1n) is 18.3. The number of Topliss-reactive ketones (excluding diaryl/α,β-unsaturated/α-hetero) is 1. The van der Waals surface area contributed by atoms with Crippen LogP contribution < -0.4 is 5.73 Å². The Labute approximate surface area is 255 Å². The molecule has 0 heterocycles. The third-order valence-electron chi connectivity index (χ3n) is 8.76. The van der Waals surface area contributed by atoms with Gasteiger partial charge in [0.05, 0.1) is 12.2 Å². The Hall–Kier alpha value is -0.490. The largest absolute Gasteiger partial charge is 0.390 e. The highest BCUT2D eigenvalue weighted by Crippen LogP contribution is 2.17. The number of nitrogens with two attached hydrogens (primary N) is 1. The molecule has 0 aliphatic rings. The molecule has 0 amide bonds. The van der Waals surface area contributed by atoms with Crippen LogP contribution in [-0.4, -0.2) is 46.0 Å². The minimum atomic E-state index is -1.16. The Morgan fingerprint density at radius 3 is 1.22 bits per heavy atom. The molecule has 246 valence electrons. The number of aliphatic hydroxyl groups is 3. The van der Waals surface area contributed by atoms with Crippen molar-refractivity contribution in [3.63, 3.8) is 0 Å². The molecular formula is C36H73NO4. The Morgan fingerprint density at radius 1 is 0.488 bits per heavy atom. The maximum atomic E-state index is 12.3. The van der Waals surface area contributed by atoms with E-state index in [1.54, 1.807) is 0 Å². The van der Waals surface area contributed by atoms with Crippen molar-refractivity contribution in [1.29, 1.82) is 0 Å². The fourth-order valence-electron chi connectivity index (χ4n) is 5.81. The van der Waals surface area contributed by atoms with Gasteiger partial charge in [0, 0.05) is 12.8 Å². The molecule has 0 spiro atoms. The van der Waals surface area contributed by atoms with Crippen molar-refractivity contribution in [3.05, 3.63) is 0 Å². The standard InChI is InChI=1S/C36H73NO4/c1-2-3-4-5-6-7-8-9-10-11-14-17-20-23-26-29-33(38)35(40)32-36(41)34(39)30-27-24-21-18-15-12-13-16-19-22-25-28-31-37/h34-36,39-41H,2-32,37H2,1H3. The Kier molecular flexibility index (Phi) is 32.0. The summed E-state index contributed by atoms with van der Waals surface area (Å²) in [5.41, 5.74) is 5.52. The Balaban J connectivity index is 3.53. The van der Waals surface area contributed by atoms with Gasteiger partial charge in [-0.05, 0) is 25.8 Å². The van der Waals surface area contributed by atoms with E-state index in [0.29, 0.717) is 12.8 Å². The van der Waals surface area contributed by atoms with Crippen LogP contribution in [0.3, 0.4) is 0 Å². The van der Waals surface area contributed by atoms with Crippen LogP contribution in [-0.2, 0) is 4.79 Å². The molecule has 0 saturated carbocycles. The zero-order valence-corrected chi connectivity index (χ0v) is 27.5. The molecular weight excluding hydrogens is 510 g/mol. The molecule has 0 bridgehead atoms. The molecule has 0 aromatic heterocycles. The van der Waals surface area contributed by atoms with E-state index in [9.17, 15) is 20.1 Å². The first kappa shape index (κ1) is 40.5. The van der Waals surface area contributed by atoms with Crippen LogP contribution in [0, 0.1) is 0 Å². The fourth-order valence-corrected chi connectivity index (χ4v) is 5.81. The number of hydrogen-bond acceptors (Lipinski definition) is 5. The lowest BCUT2D eigenvalue weighted by Gasteiger charge is -2.20. The molecule has 0 aliphatic carbocycles. The van der Waals surface area contributed by atoms with Gasteiger partial charge in [-0.2, -0.15) is 0 Å². The molecule has 5 N–H and O–H groups in total. The SMILES string of the molecule is CCCCCCCCCCCCCCCCCC(=O)C(O)CC(O)C(O)CCCCCCCCCCCCCCN. The second-order valence-electron chi connectivity index (χ2n) is 12.9. The first-order valence-corrected chi connectivity index (χ1v) is 18.3. The number of unbranched alkanes of at least 4 members (excludes halogenated alkanes) is 25. The maximum absolute atomic E-state index is 12.3. The highest BCUT2D eigenvalue weighted by atomic mass is 16.3. The van der Waals surface area contributed by atoms with Crippen molar-refractivity contribution < 1.29 is 20.1 Å². The predicted molar refractivity (Wildman–Crippen MR) is 176 cm³/mol. The Bertz CT molecular complexity index is 530. The smallest absolute Gasteiger partial charge is 0.161 e. The molecule has 5 nitrogen and oxygen atoms in total. The molecule has 41 heavy (non-hydrogen) atoms. The third-order valence-corrected chi connectivity index (χ3v) is 8.76. The van der Waals surface area contributed by atoms with E-state index in [2.05, 4.69) is 6.92 Å². The van der Waals surface area contributed by atoms with Gasteiger partial charge < -0.3 is 21.1 Å². The van der Waals surface area contributed by atoms with Crippen LogP contribution in [0.2, 0.25) is 0 Å². The van der Waals surface area contributed by atoms with Crippen molar-refractivity contribution >= 4 is 5.78 Å². The van der Waals surface area contributed by atoms with Gasteiger partial charge in [0.25, 0.3) is 0 Å². The minimum Gasteiger partial charge on any atom is -0.390 e. The second kappa shape index (κ2) is 32.4. The summed E-state index contributed by atoms with van der Waals surface area (Å²) in [6.07, 6.45) is 31.7. The summed E-state index contributed by atoms with van der Waals surface area (Å²) in [5, 5.41) is 30.7. The van der Waals surface area contributed by atoms with Crippen molar-refractivity contribution in [2.75, 3.05) is 6.54 Å². The molecule has 0 fully saturated rings. The Morgan fingerprint density at radius 2 is 0.829 bits per heavy atom. The number of ketones is 1. The van der Waals surface area contributed by atoms with Crippen molar-refractivity contribution in [2.24, 2.45) is 5.73 Å². The van der Waals surface area contributed by atoms with E-state index in [-0.39, 0.29) is 12.2 Å². The van der Waals surface area contributed by atoms with Crippen LogP contribution in [0.25, 0.3) is 0 Å². The first-order chi connectivity index (χ1) is 20.0.